The third-order valence-electron chi connectivity index (χ3n) is 2.41. The second kappa shape index (κ2) is 5.18. The molecule has 1 N–H and O–H groups in total. The Balaban J connectivity index is 2.14. The molecule has 0 saturated carbocycles. The number of thiophene rings is 1. The highest BCUT2D eigenvalue weighted by molar-refractivity contribution is 7.12. The van der Waals surface area contributed by atoms with Gasteiger partial charge < -0.3 is 9.84 Å². The molecule has 0 saturated heterocycles. The number of carboxylic acids is 1. The van der Waals surface area contributed by atoms with Crippen LogP contribution < -0.4 is 4.74 Å². The molecule has 0 fully saturated rings. The zero-order chi connectivity index (χ0) is 13.1. The number of aryl methyl sites for hydroxylation is 1. The molecule has 0 unspecified atom stereocenters. The highest BCUT2D eigenvalue weighted by Gasteiger charge is 2.12. The van der Waals surface area contributed by atoms with Crippen molar-refractivity contribution in [3.05, 3.63) is 51.5 Å². The van der Waals surface area contributed by atoms with Gasteiger partial charge in [-0.1, -0.05) is 6.07 Å². The van der Waals surface area contributed by atoms with E-state index in [1.807, 2.05) is 6.92 Å². The van der Waals surface area contributed by atoms with Crippen LogP contribution in [0.15, 0.2) is 29.6 Å². The molecule has 3 nitrogen and oxygen atoms in total. The molecule has 0 aliphatic carbocycles. The van der Waals surface area contributed by atoms with Crippen LogP contribution in [-0.2, 0) is 6.61 Å². The zero-order valence-electron chi connectivity index (χ0n) is 9.64. The number of carbonyl (C=O) groups is 1. The minimum Gasteiger partial charge on any atom is -0.486 e. The van der Waals surface area contributed by atoms with Crippen LogP contribution in [0.25, 0.3) is 0 Å². The van der Waals surface area contributed by atoms with Gasteiger partial charge in [0.25, 0.3) is 0 Å². The van der Waals surface area contributed by atoms with Crippen molar-refractivity contribution in [2.24, 2.45) is 0 Å². The van der Waals surface area contributed by atoms with Crippen molar-refractivity contribution >= 4 is 17.3 Å². The Morgan fingerprint density at radius 2 is 2.22 bits per heavy atom. The average Bonchev–Trinajstić information content (AvgIpc) is 2.79. The molecule has 2 aromatic rings. The fraction of sp³-hybridized carbons (Fsp3) is 0.154. The maximum Gasteiger partial charge on any atom is 0.346 e. The first-order chi connectivity index (χ1) is 8.58. The zero-order valence-corrected chi connectivity index (χ0v) is 10.5. The van der Waals surface area contributed by atoms with Gasteiger partial charge >= 0.3 is 5.97 Å². The summed E-state index contributed by atoms with van der Waals surface area (Å²) in [7, 11) is 0. The fourth-order valence-corrected chi connectivity index (χ4v) is 2.26. The fourth-order valence-electron chi connectivity index (χ4n) is 1.51. The van der Waals surface area contributed by atoms with E-state index in [0.717, 1.165) is 16.9 Å². The number of halogens is 1. The molecule has 0 aliphatic heterocycles. The van der Waals surface area contributed by atoms with Crippen molar-refractivity contribution < 1.29 is 19.0 Å². The molecule has 0 bridgehead atoms. The Bertz CT molecular complexity index is 577. The molecule has 18 heavy (non-hydrogen) atoms. The van der Waals surface area contributed by atoms with Crippen molar-refractivity contribution in [2.75, 3.05) is 0 Å². The molecule has 0 aliphatic rings. The van der Waals surface area contributed by atoms with E-state index in [1.54, 1.807) is 23.6 Å². The van der Waals surface area contributed by atoms with Crippen LogP contribution >= 0.6 is 11.3 Å². The monoisotopic (exact) mass is 266 g/mol. The Labute approximate surface area is 107 Å². The van der Waals surface area contributed by atoms with Crippen molar-refractivity contribution in [3.63, 3.8) is 0 Å². The van der Waals surface area contributed by atoms with Crippen LogP contribution in [0.2, 0.25) is 0 Å². The smallest absolute Gasteiger partial charge is 0.346 e. The summed E-state index contributed by atoms with van der Waals surface area (Å²) in [6.45, 7) is 1.88. The lowest BCUT2D eigenvalue weighted by Crippen LogP contribution is -2.02. The first-order valence-corrected chi connectivity index (χ1v) is 6.14. The minimum absolute atomic E-state index is 0.0471. The van der Waals surface area contributed by atoms with Crippen molar-refractivity contribution in [3.8, 4) is 5.75 Å². The van der Waals surface area contributed by atoms with Gasteiger partial charge in [0.05, 0.1) is 0 Å². The molecular formula is C13H11FO3S. The number of benzene rings is 1. The van der Waals surface area contributed by atoms with Gasteiger partial charge in [-0.05, 0) is 36.1 Å². The molecule has 1 heterocycles. The maximum absolute atomic E-state index is 13.4. The van der Waals surface area contributed by atoms with Crippen LogP contribution in [0.1, 0.15) is 20.8 Å². The summed E-state index contributed by atoms with van der Waals surface area (Å²) in [6, 6.07) is 6.23. The van der Waals surface area contributed by atoms with Gasteiger partial charge in [0.2, 0.25) is 0 Å². The van der Waals surface area contributed by atoms with E-state index in [9.17, 15) is 9.18 Å². The summed E-state index contributed by atoms with van der Waals surface area (Å²) in [5.41, 5.74) is 1.43. The van der Waals surface area contributed by atoms with Gasteiger partial charge in [-0.25, -0.2) is 9.18 Å². The van der Waals surface area contributed by atoms with Crippen molar-refractivity contribution in [2.45, 2.75) is 13.5 Å². The predicted molar refractivity (Wildman–Crippen MR) is 66.7 cm³/mol. The molecule has 0 amide bonds. The third kappa shape index (κ3) is 2.68. The molecule has 5 heteroatoms. The normalized spacial score (nSPS) is 10.3. The SMILES string of the molecule is Cc1ccc(F)c(OCc2ccsc2C(=O)O)c1. The van der Waals surface area contributed by atoms with Crippen LogP contribution in [0.5, 0.6) is 5.75 Å². The summed E-state index contributed by atoms with van der Waals surface area (Å²) in [5.74, 6) is -1.31. The van der Waals surface area contributed by atoms with Gasteiger partial charge in [-0.3, -0.25) is 0 Å². The Morgan fingerprint density at radius 1 is 1.44 bits per heavy atom. The summed E-state index contributed by atoms with van der Waals surface area (Å²) in [4.78, 5) is 11.1. The van der Waals surface area contributed by atoms with E-state index in [2.05, 4.69) is 0 Å². The molecule has 1 aromatic carbocycles. The van der Waals surface area contributed by atoms with Crippen LogP contribution in [0, 0.1) is 12.7 Å². The highest BCUT2D eigenvalue weighted by Crippen LogP contribution is 2.22. The lowest BCUT2D eigenvalue weighted by atomic mass is 10.2. The van der Waals surface area contributed by atoms with Gasteiger partial charge in [-0.2, -0.15) is 0 Å². The second-order valence-corrected chi connectivity index (χ2v) is 4.72. The number of carboxylic acid groups (broad SMARTS) is 1. The number of ether oxygens (including phenoxy) is 1. The lowest BCUT2D eigenvalue weighted by Gasteiger charge is -2.07. The molecule has 2 rings (SSSR count). The van der Waals surface area contributed by atoms with E-state index in [4.69, 9.17) is 9.84 Å². The van der Waals surface area contributed by atoms with E-state index >= 15 is 0 Å². The van der Waals surface area contributed by atoms with Crippen LogP contribution in [0.4, 0.5) is 4.39 Å². The van der Waals surface area contributed by atoms with Crippen molar-refractivity contribution in [1.82, 2.24) is 0 Å². The van der Waals surface area contributed by atoms with E-state index in [0.29, 0.717) is 5.56 Å². The van der Waals surface area contributed by atoms with Crippen LogP contribution in [0.3, 0.4) is 0 Å². The standard InChI is InChI=1S/C13H11FO3S/c1-8-2-3-10(14)11(6-8)17-7-9-4-5-18-12(9)13(15)16/h2-6H,7H2,1H3,(H,15,16). The van der Waals surface area contributed by atoms with Crippen molar-refractivity contribution in [1.29, 1.82) is 0 Å². The Morgan fingerprint density at radius 3 is 2.94 bits per heavy atom. The largest absolute Gasteiger partial charge is 0.486 e. The van der Waals surface area contributed by atoms with E-state index < -0.39 is 11.8 Å². The third-order valence-corrected chi connectivity index (χ3v) is 3.36. The van der Waals surface area contributed by atoms with Gasteiger partial charge in [-0.15, -0.1) is 11.3 Å². The molecule has 94 valence electrons. The Hall–Kier alpha value is -1.88. The van der Waals surface area contributed by atoms with Gasteiger partial charge in [0.1, 0.15) is 11.5 Å². The number of hydrogen-bond acceptors (Lipinski definition) is 3. The highest BCUT2D eigenvalue weighted by atomic mass is 32.1. The minimum atomic E-state index is -0.992. The van der Waals surface area contributed by atoms with Gasteiger partial charge in [0, 0.05) is 5.56 Å². The summed E-state index contributed by atoms with van der Waals surface area (Å²) in [6.07, 6.45) is 0. The van der Waals surface area contributed by atoms with E-state index in [-0.39, 0.29) is 17.2 Å². The Kier molecular flexibility index (Phi) is 3.62. The molecule has 0 atom stereocenters. The quantitative estimate of drug-likeness (QED) is 0.921. The first-order valence-electron chi connectivity index (χ1n) is 5.26. The maximum atomic E-state index is 13.4. The van der Waals surface area contributed by atoms with E-state index in [1.165, 1.54) is 6.07 Å². The predicted octanol–water partition coefficient (Wildman–Crippen LogP) is 3.47. The average molecular weight is 266 g/mol. The number of hydrogen-bond donors (Lipinski definition) is 1. The van der Waals surface area contributed by atoms with Crippen LogP contribution in [-0.4, -0.2) is 11.1 Å². The second-order valence-electron chi connectivity index (χ2n) is 3.80. The molecule has 0 radical (unpaired) electrons. The molecular weight excluding hydrogens is 255 g/mol. The number of rotatable bonds is 4. The molecule has 0 spiro atoms. The summed E-state index contributed by atoms with van der Waals surface area (Å²) in [5, 5.41) is 10.6. The summed E-state index contributed by atoms with van der Waals surface area (Å²) >= 11 is 1.13. The topological polar surface area (TPSA) is 46.5 Å². The van der Waals surface area contributed by atoms with Gasteiger partial charge in [0.15, 0.2) is 11.6 Å². The lowest BCUT2D eigenvalue weighted by molar-refractivity contribution is 0.0699. The molecule has 1 aromatic heterocycles. The summed E-state index contributed by atoms with van der Waals surface area (Å²) < 4.78 is 18.7. The number of aromatic carboxylic acids is 1. The first kappa shape index (κ1) is 12.6.